The largest absolute Gasteiger partial charge is 0.331 e. The van der Waals surface area contributed by atoms with Gasteiger partial charge in [0.05, 0.1) is 5.69 Å². The summed E-state index contributed by atoms with van der Waals surface area (Å²) < 4.78 is 3.50. The van der Waals surface area contributed by atoms with Crippen LogP contribution >= 0.6 is 15.9 Å². The quantitative estimate of drug-likeness (QED) is 0.795. The zero-order chi connectivity index (χ0) is 10.1. The molecule has 0 amide bonds. The number of hydrogen-bond acceptors (Lipinski definition) is 1. The molecule has 1 unspecified atom stereocenters. The second-order valence-corrected chi connectivity index (χ2v) is 5.02. The van der Waals surface area contributed by atoms with Gasteiger partial charge in [0.1, 0.15) is 10.4 Å². The summed E-state index contributed by atoms with van der Waals surface area (Å²) in [5.74, 6) is 2.07. The molecule has 0 radical (unpaired) electrons. The molecular weight excluding hydrogens is 240 g/mol. The number of aryl methyl sites for hydroxylation is 1. The predicted molar refractivity (Wildman–Crippen MR) is 61.4 cm³/mol. The number of hydrogen-bond donors (Lipinski definition) is 0. The Balaban J connectivity index is 2.34. The molecule has 2 nitrogen and oxygen atoms in total. The van der Waals surface area contributed by atoms with Crippen LogP contribution in [0.2, 0.25) is 0 Å². The molecule has 0 spiro atoms. The molecule has 14 heavy (non-hydrogen) atoms. The summed E-state index contributed by atoms with van der Waals surface area (Å²) in [4.78, 5) is 4.60. The molecule has 0 aromatic carbocycles. The first-order valence-electron chi connectivity index (χ1n) is 5.46. The van der Waals surface area contributed by atoms with E-state index in [1.54, 1.807) is 0 Å². The fraction of sp³-hybridized carbons (Fsp3) is 0.727. The third kappa shape index (κ3) is 1.74. The van der Waals surface area contributed by atoms with Crippen LogP contribution in [-0.4, -0.2) is 9.55 Å². The molecule has 3 heteroatoms. The fourth-order valence-corrected chi connectivity index (χ4v) is 2.78. The summed E-state index contributed by atoms with van der Waals surface area (Å²) in [6, 6.07) is 0. The minimum atomic E-state index is 0.805. The zero-order valence-corrected chi connectivity index (χ0v) is 10.5. The van der Waals surface area contributed by atoms with E-state index in [2.05, 4.69) is 39.3 Å². The van der Waals surface area contributed by atoms with Crippen LogP contribution in [0.1, 0.15) is 38.2 Å². The van der Waals surface area contributed by atoms with Gasteiger partial charge < -0.3 is 4.57 Å². The van der Waals surface area contributed by atoms with E-state index in [4.69, 9.17) is 0 Å². The number of halogens is 1. The Morgan fingerprint density at radius 3 is 3.07 bits per heavy atom. The monoisotopic (exact) mass is 256 g/mol. The summed E-state index contributed by atoms with van der Waals surface area (Å²) in [6.45, 7) is 5.69. The Labute approximate surface area is 93.9 Å². The molecule has 0 bridgehead atoms. The Hall–Kier alpha value is -0.310. The lowest BCUT2D eigenvalue weighted by Gasteiger charge is -2.22. The molecule has 1 atom stereocenters. The van der Waals surface area contributed by atoms with Gasteiger partial charge in [0.25, 0.3) is 0 Å². The van der Waals surface area contributed by atoms with E-state index in [0.29, 0.717) is 0 Å². The number of nitrogens with zero attached hydrogens (tertiary/aromatic N) is 2. The van der Waals surface area contributed by atoms with Gasteiger partial charge in [0, 0.05) is 13.0 Å². The van der Waals surface area contributed by atoms with E-state index in [1.807, 2.05) is 0 Å². The molecule has 2 rings (SSSR count). The van der Waals surface area contributed by atoms with Crippen molar-refractivity contribution in [2.45, 2.75) is 46.1 Å². The smallest absolute Gasteiger partial charge is 0.127 e. The van der Waals surface area contributed by atoms with Crippen molar-refractivity contribution in [3.05, 3.63) is 16.1 Å². The van der Waals surface area contributed by atoms with Crippen LogP contribution in [0, 0.1) is 5.92 Å². The molecule has 1 aromatic heterocycles. The molecule has 0 saturated heterocycles. The molecule has 2 heterocycles. The Kier molecular flexibility index (Phi) is 2.96. The first kappa shape index (κ1) is 10.2. The van der Waals surface area contributed by atoms with E-state index in [1.165, 1.54) is 30.8 Å². The minimum Gasteiger partial charge on any atom is -0.331 e. The van der Waals surface area contributed by atoms with E-state index in [9.17, 15) is 0 Å². The van der Waals surface area contributed by atoms with Crippen LogP contribution in [0.3, 0.4) is 0 Å². The predicted octanol–water partition coefficient (Wildman–Crippen LogP) is 3.18. The minimum absolute atomic E-state index is 0.805. The molecular formula is C11H17BrN2. The van der Waals surface area contributed by atoms with Crippen LogP contribution in [0.5, 0.6) is 0 Å². The van der Waals surface area contributed by atoms with Crippen LogP contribution in [0.25, 0.3) is 0 Å². The molecule has 1 aromatic rings. The average Bonchev–Trinajstić information content (AvgIpc) is 2.44. The lowest BCUT2D eigenvalue weighted by atomic mass is 10.0. The normalized spacial score (nSPS) is 20.9. The second-order valence-electron chi connectivity index (χ2n) is 4.27. The SMILES string of the molecule is CCCc1nc(Br)c2n1CC(C)CC2. The van der Waals surface area contributed by atoms with Crippen molar-refractivity contribution >= 4 is 15.9 Å². The maximum Gasteiger partial charge on any atom is 0.127 e. The maximum absolute atomic E-state index is 4.60. The average molecular weight is 257 g/mol. The Bertz CT molecular complexity index is 330. The van der Waals surface area contributed by atoms with Crippen molar-refractivity contribution < 1.29 is 0 Å². The summed E-state index contributed by atoms with van der Waals surface area (Å²) in [5, 5.41) is 0. The molecule has 0 aliphatic carbocycles. The van der Waals surface area contributed by atoms with Gasteiger partial charge in [-0.05, 0) is 41.1 Å². The summed E-state index contributed by atoms with van der Waals surface area (Å²) >= 11 is 3.56. The maximum atomic E-state index is 4.60. The Morgan fingerprint density at radius 1 is 1.57 bits per heavy atom. The molecule has 1 aliphatic rings. The van der Waals surface area contributed by atoms with E-state index >= 15 is 0 Å². The highest BCUT2D eigenvalue weighted by atomic mass is 79.9. The van der Waals surface area contributed by atoms with E-state index in [-0.39, 0.29) is 0 Å². The van der Waals surface area contributed by atoms with Gasteiger partial charge in [-0.3, -0.25) is 0 Å². The Morgan fingerprint density at radius 2 is 2.36 bits per heavy atom. The topological polar surface area (TPSA) is 17.8 Å². The highest BCUT2D eigenvalue weighted by Crippen LogP contribution is 2.27. The molecule has 78 valence electrons. The highest BCUT2D eigenvalue weighted by molar-refractivity contribution is 9.10. The number of fused-ring (bicyclic) bond motifs is 1. The van der Waals surface area contributed by atoms with Crippen LogP contribution in [0.15, 0.2) is 4.60 Å². The van der Waals surface area contributed by atoms with E-state index < -0.39 is 0 Å². The van der Waals surface area contributed by atoms with Crippen molar-refractivity contribution in [3.63, 3.8) is 0 Å². The number of imidazole rings is 1. The molecule has 1 aliphatic heterocycles. The van der Waals surface area contributed by atoms with Crippen LogP contribution in [-0.2, 0) is 19.4 Å². The van der Waals surface area contributed by atoms with Gasteiger partial charge in [0.2, 0.25) is 0 Å². The lowest BCUT2D eigenvalue weighted by Crippen LogP contribution is -2.19. The van der Waals surface area contributed by atoms with Gasteiger partial charge in [-0.2, -0.15) is 0 Å². The molecule has 0 fully saturated rings. The van der Waals surface area contributed by atoms with E-state index in [0.717, 1.165) is 23.5 Å². The van der Waals surface area contributed by atoms with Gasteiger partial charge in [-0.15, -0.1) is 0 Å². The zero-order valence-electron chi connectivity index (χ0n) is 8.89. The van der Waals surface area contributed by atoms with Gasteiger partial charge in [0.15, 0.2) is 0 Å². The first-order valence-corrected chi connectivity index (χ1v) is 6.25. The van der Waals surface area contributed by atoms with Crippen molar-refractivity contribution in [1.29, 1.82) is 0 Å². The van der Waals surface area contributed by atoms with Crippen molar-refractivity contribution in [2.75, 3.05) is 0 Å². The van der Waals surface area contributed by atoms with Gasteiger partial charge in [-0.25, -0.2) is 4.98 Å². The third-order valence-electron chi connectivity index (χ3n) is 2.94. The lowest BCUT2D eigenvalue weighted by molar-refractivity contribution is 0.389. The highest BCUT2D eigenvalue weighted by Gasteiger charge is 2.21. The summed E-state index contributed by atoms with van der Waals surface area (Å²) in [6.07, 6.45) is 4.76. The van der Waals surface area contributed by atoms with Crippen molar-refractivity contribution in [3.8, 4) is 0 Å². The van der Waals surface area contributed by atoms with Crippen molar-refractivity contribution in [1.82, 2.24) is 9.55 Å². The summed E-state index contributed by atoms with van der Waals surface area (Å²) in [7, 11) is 0. The summed E-state index contributed by atoms with van der Waals surface area (Å²) in [5.41, 5.74) is 1.41. The molecule has 0 N–H and O–H groups in total. The first-order chi connectivity index (χ1) is 6.72. The number of aromatic nitrogens is 2. The van der Waals surface area contributed by atoms with Crippen molar-refractivity contribution in [2.24, 2.45) is 5.92 Å². The van der Waals surface area contributed by atoms with Crippen LogP contribution < -0.4 is 0 Å². The number of rotatable bonds is 2. The standard InChI is InChI=1S/C11H17BrN2/c1-3-4-10-13-11(12)9-6-5-8(2)7-14(9)10/h8H,3-7H2,1-2H3. The van der Waals surface area contributed by atoms with Gasteiger partial charge >= 0.3 is 0 Å². The second kappa shape index (κ2) is 4.05. The fourth-order valence-electron chi connectivity index (χ4n) is 2.16. The van der Waals surface area contributed by atoms with Crippen LogP contribution in [0.4, 0.5) is 0 Å². The molecule has 0 saturated carbocycles. The van der Waals surface area contributed by atoms with Gasteiger partial charge in [-0.1, -0.05) is 13.8 Å². The third-order valence-corrected chi connectivity index (χ3v) is 3.58.